The number of piperazine rings is 1. The fourth-order valence-electron chi connectivity index (χ4n) is 3.50. The van der Waals surface area contributed by atoms with Crippen molar-refractivity contribution in [3.8, 4) is 5.75 Å². The summed E-state index contributed by atoms with van der Waals surface area (Å²) in [6, 6.07) is 12.0. The zero-order chi connectivity index (χ0) is 18.1. The second-order valence-electron chi connectivity index (χ2n) is 6.79. The lowest BCUT2D eigenvalue weighted by atomic mass is 10.1. The minimum atomic E-state index is -0.0370. The molecule has 2 aromatic rings. The Hall–Kier alpha value is -2.24. The van der Waals surface area contributed by atoms with Crippen molar-refractivity contribution in [3.05, 3.63) is 52.5 Å². The number of benzene rings is 2. The summed E-state index contributed by atoms with van der Waals surface area (Å²) in [5.74, 6) is 0.721. The van der Waals surface area contributed by atoms with Crippen LogP contribution in [-0.4, -0.2) is 38.7 Å². The van der Waals surface area contributed by atoms with Gasteiger partial charge in [0.25, 0.3) is 5.91 Å². The Morgan fingerprint density at radius 3 is 2.77 bits per heavy atom. The molecule has 0 bridgehead atoms. The van der Waals surface area contributed by atoms with Gasteiger partial charge in [0.1, 0.15) is 5.75 Å². The van der Waals surface area contributed by atoms with Gasteiger partial charge in [0.05, 0.1) is 12.2 Å². The van der Waals surface area contributed by atoms with E-state index in [2.05, 4.69) is 16.3 Å². The number of nitrogens with zero attached hydrogens (tertiary/aromatic N) is 2. The Balaban J connectivity index is 1.63. The summed E-state index contributed by atoms with van der Waals surface area (Å²) in [6.07, 6.45) is 0. The van der Waals surface area contributed by atoms with Gasteiger partial charge in [-0.15, -0.1) is 0 Å². The fourth-order valence-corrected chi connectivity index (χ4v) is 3.75. The number of ether oxygens (including phenoxy) is 1. The quantitative estimate of drug-likeness (QED) is 0.901. The zero-order valence-electron chi connectivity index (χ0n) is 14.8. The summed E-state index contributed by atoms with van der Waals surface area (Å²) in [5.41, 5.74) is 4.06. The fraction of sp³-hybridized carbons (Fsp3) is 0.350. The molecule has 2 aliphatic heterocycles. The molecule has 2 aliphatic rings. The molecule has 136 valence electrons. The number of halogens is 1. The van der Waals surface area contributed by atoms with Crippen molar-refractivity contribution >= 4 is 28.9 Å². The lowest BCUT2D eigenvalue weighted by Crippen LogP contribution is -2.43. The Morgan fingerprint density at radius 1 is 1.15 bits per heavy atom. The van der Waals surface area contributed by atoms with E-state index in [0.717, 1.165) is 54.4 Å². The molecule has 5 nitrogen and oxygen atoms in total. The molecule has 1 saturated heterocycles. The van der Waals surface area contributed by atoms with Crippen molar-refractivity contribution in [3.63, 3.8) is 0 Å². The Kier molecular flexibility index (Phi) is 4.74. The number of amides is 1. The first-order chi connectivity index (χ1) is 12.6. The van der Waals surface area contributed by atoms with E-state index in [-0.39, 0.29) is 12.5 Å². The molecule has 0 saturated carbocycles. The highest BCUT2D eigenvalue weighted by atomic mass is 35.5. The molecule has 1 amide bonds. The van der Waals surface area contributed by atoms with Gasteiger partial charge >= 0.3 is 0 Å². The molecule has 0 spiro atoms. The predicted molar refractivity (Wildman–Crippen MR) is 104 cm³/mol. The number of nitrogens with one attached hydrogen (secondary N) is 1. The minimum absolute atomic E-state index is 0.0370. The van der Waals surface area contributed by atoms with Gasteiger partial charge in [0.15, 0.2) is 6.61 Å². The molecule has 4 rings (SSSR count). The maximum absolute atomic E-state index is 12.5. The van der Waals surface area contributed by atoms with E-state index in [1.165, 1.54) is 0 Å². The van der Waals surface area contributed by atoms with Crippen LogP contribution >= 0.6 is 11.6 Å². The normalized spacial score (nSPS) is 17.1. The van der Waals surface area contributed by atoms with Crippen LogP contribution in [0.4, 0.5) is 11.4 Å². The van der Waals surface area contributed by atoms with E-state index in [1.54, 1.807) is 4.90 Å². The molecule has 0 atom stereocenters. The van der Waals surface area contributed by atoms with E-state index in [0.29, 0.717) is 11.6 Å². The molecule has 0 unspecified atom stereocenters. The summed E-state index contributed by atoms with van der Waals surface area (Å²) in [6.45, 7) is 6.42. The molecular formula is C20H22ClN3O2. The van der Waals surface area contributed by atoms with Crippen molar-refractivity contribution in [2.45, 2.75) is 13.5 Å². The van der Waals surface area contributed by atoms with Gasteiger partial charge in [0, 0.05) is 36.9 Å². The third-order valence-electron chi connectivity index (χ3n) is 4.82. The first-order valence-electron chi connectivity index (χ1n) is 8.89. The SMILES string of the molecule is Cc1ccc2c(c1)OCC(=O)N2Cc1cc(Cl)cc(N2CCNCC2)c1. The van der Waals surface area contributed by atoms with E-state index >= 15 is 0 Å². The Morgan fingerprint density at radius 2 is 1.96 bits per heavy atom. The van der Waals surface area contributed by atoms with Crippen LogP contribution < -0.4 is 19.9 Å². The topological polar surface area (TPSA) is 44.8 Å². The summed E-state index contributed by atoms with van der Waals surface area (Å²) in [4.78, 5) is 16.6. The van der Waals surface area contributed by atoms with Crippen molar-refractivity contribution < 1.29 is 9.53 Å². The van der Waals surface area contributed by atoms with E-state index in [1.807, 2.05) is 37.3 Å². The monoisotopic (exact) mass is 371 g/mol. The first-order valence-corrected chi connectivity index (χ1v) is 9.27. The van der Waals surface area contributed by atoms with Crippen LogP contribution in [0.5, 0.6) is 5.75 Å². The molecule has 2 heterocycles. The molecular weight excluding hydrogens is 350 g/mol. The Bertz CT molecular complexity index is 834. The van der Waals surface area contributed by atoms with E-state index in [4.69, 9.17) is 16.3 Å². The standard InChI is InChI=1S/C20H22ClN3O2/c1-14-2-3-18-19(8-14)26-13-20(25)24(18)12-15-9-16(21)11-17(10-15)23-6-4-22-5-7-23/h2-3,8-11,22H,4-7,12-13H2,1H3. The molecule has 0 radical (unpaired) electrons. The number of aryl methyl sites for hydroxylation is 1. The summed E-state index contributed by atoms with van der Waals surface area (Å²) in [7, 11) is 0. The lowest BCUT2D eigenvalue weighted by molar-refractivity contribution is -0.121. The molecule has 1 fully saturated rings. The van der Waals surface area contributed by atoms with Crippen LogP contribution in [0.3, 0.4) is 0 Å². The molecule has 1 N–H and O–H groups in total. The van der Waals surface area contributed by atoms with Crippen LogP contribution in [0, 0.1) is 6.92 Å². The van der Waals surface area contributed by atoms with Crippen molar-refractivity contribution in [2.24, 2.45) is 0 Å². The minimum Gasteiger partial charge on any atom is -0.482 e. The summed E-state index contributed by atoms with van der Waals surface area (Å²) in [5, 5.41) is 4.05. The highest BCUT2D eigenvalue weighted by molar-refractivity contribution is 6.31. The van der Waals surface area contributed by atoms with E-state index in [9.17, 15) is 4.79 Å². The average Bonchev–Trinajstić information content (AvgIpc) is 2.64. The van der Waals surface area contributed by atoms with Gasteiger partial charge in [0.2, 0.25) is 0 Å². The highest BCUT2D eigenvalue weighted by Gasteiger charge is 2.26. The van der Waals surface area contributed by atoms with Gasteiger partial charge in [-0.3, -0.25) is 4.79 Å². The molecule has 0 aliphatic carbocycles. The molecule has 6 heteroatoms. The predicted octanol–water partition coefficient (Wildman–Crippen LogP) is 2.98. The van der Waals surface area contributed by atoms with Crippen LogP contribution in [0.15, 0.2) is 36.4 Å². The van der Waals surface area contributed by atoms with Crippen LogP contribution in [-0.2, 0) is 11.3 Å². The van der Waals surface area contributed by atoms with Gasteiger partial charge in [-0.2, -0.15) is 0 Å². The second kappa shape index (κ2) is 7.17. The van der Waals surface area contributed by atoms with Crippen LogP contribution in [0.2, 0.25) is 5.02 Å². The van der Waals surface area contributed by atoms with Crippen LogP contribution in [0.25, 0.3) is 0 Å². The Labute approximate surface area is 158 Å². The number of anilines is 2. The molecule has 2 aromatic carbocycles. The van der Waals surface area contributed by atoms with Gasteiger partial charge in [-0.05, 0) is 48.4 Å². The van der Waals surface area contributed by atoms with Gasteiger partial charge in [-0.1, -0.05) is 17.7 Å². The molecule has 26 heavy (non-hydrogen) atoms. The first kappa shape index (κ1) is 17.2. The summed E-state index contributed by atoms with van der Waals surface area (Å²) >= 11 is 6.37. The number of carbonyl (C=O) groups excluding carboxylic acids is 1. The lowest BCUT2D eigenvalue weighted by Gasteiger charge is -2.31. The third kappa shape index (κ3) is 3.50. The number of carbonyl (C=O) groups is 1. The summed E-state index contributed by atoms with van der Waals surface area (Å²) < 4.78 is 5.59. The maximum atomic E-state index is 12.5. The number of rotatable bonds is 3. The average molecular weight is 372 g/mol. The zero-order valence-corrected chi connectivity index (χ0v) is 15.6. The van der Waals surface area contributed by atoms with Gasteiger partial charge in [-0.25, -0.2) is 0 Å². The van der Waals surface area contributed by atoms with Crippen LogP contribution in [0.1, 0.15) is 11.1 Å². The highest BCUT2D eigenvalue weighted by Crippen LogP contribution is 2.34. The third-order valence-corrected chi connectivity index (χ3v) is 5.04. The number of hydrogen-bond acceptors (Lipinski definition) is 4. The maximum Gasteiger partial charge on any atom is 0.265 e. The second-order valence-corrected chi connectivity index (χ2v) is 7.23. The number of fused-ring (bicyclic) bond motifs is 1. The number of hydrogen-bond donors (Lipinski definition) is 1. The van der Waals surface area contributed by atoms with Crippen molar-refractivity contribution in [1.29, 1.82) is 0 Å². The van der Waals surface area contributed by atoms with Gasteiger partial charge < -0.3 is 19.9 Å². The van der Waals surface area contributed by atoms with E-state index < -0.39 is 0 Å². The van der Waals surface area contributed by atoms with Crippen molar-refractivity contribution in [2.75, 3.05) is 42.6 Å². The largest absolute Gasteiger partial charge is 0.482 e. The molecule has 0 aromatic heterocycles. The van der Waals surface area contributed by atoms with Crippen molar-refractivity contribution in [1.82, 2.24) is 5.32 Å². The smallest absolute Gasteiger partial charge is 0.265 e.